The van der Waals surface area contributed by atoms with Crippen LogP contribution in [0.1, 0.15) is 19.3 Å². The average molecular weight is 202 g/mol. The Kier molecular flexibility index (Phi) is 6.39. The molecule has 5 nitrogen and oxygen atoms in total. The van der Waals surface area contributed by atoms with Gasteiger partial charge in [-0.25, -0.2) is 4.79 Å². The van der Waals surface area contributed by atoms with Crippen LogP contribution in [-0.4, -0.2) is 35.4 Å². The van der Waals surface area contributed by atoms with E-state index in [9.17, 15) is 9.59 Å². The smallest absolute Gasteiger partial charge is 0.333 e. The lowest BCUT2D eigenvalue weighted by Crippen LogP contribution is -2.10. The van der Waals surface area contributed by atoms with E-state index in [0.29, 0.717) is 6.42 Å². The fraction of sp³-hybridized carbons (Fsp3) is 0.556. The van der Waals surface area contributed by atoms with E-state index >= 15 is 0 Å². The molecule has 0 heterocycles. The molecule has 0 unspecified atom stereocenters. The lowest BCUT2D eigenvalue weighted by Gasteiger charge is -2.04. The number of aliphatic hydroxyl groups excluding tert-OH is 1. The SMILES string of the molecule is C=C(CCC(=O)O)C(=O)OCCCO. The molecule has 0 saturated heterocycles. The minimum atomic E-state index is -0.977. The Morgan fingerprint density at radius 3 is 2.43 bits per heavy atom. The zero-order valence-corrected chi connectivity index (χ0v) is 7.86. The Morgan fingerprint density at radius 2 is 1.93 bits per heavy atom. The van der Waals surface area contributed by atoms with Crippen LogP contribution >= 0.6 is 0 Å². The molecule has 0 aromatic rings. The van der Waals surface area contributed by atoms with Gasteiger partial charge >= 0.3 is 11.9 Å². The highest BCUT2D eigenvalue weighted by atomic mass is 16.5. The van der Waals surface area contributed by atoms with Gasteiger partial charge in [-0.05, 0) is 6.42 Å². The van der Waals surface area contributed by atoms with Gasteiger partial charge in [0, 0.05) is 25.0 Å². The fourth-order valence-corrected chi connectivity index (χ4v) is 0.691. The van der Waals surface area contributed by atoms with Crippen LogP contribution in [0.3, 0.4) is 0 Å². The summed E-state index contributed by atoms with van der Waals surface area (Å²) in [5, 5.41) is 16.7. The van der Waals surface area contributed by atoms with Crippen molar-refractivity contribution in [3.8, 4) is 0 Å². The molecular formula is C9H14O5. The summed E-state index contributed by atoms with van der Waals surface area (Å²) < 4.78 is 4.69. The molecular weight excluding hydrogens is 188 g/mol. The first-order chi connectivity index (χ1) is 6.57. The molecule has 0 aromatic heterocycles. The number of esters is 1. The molecule has 0 atom stereocenters. The Bertz CT molecular complexity index is 221. The second-order valence-corrected chi connectivity index (χ2v) is 2.71. The van der Waals surface area contributed by atoms with E-state index in [1.165, 1.54) is 0 Å². The van der Waals surface area contributed by atoms with Crippen LogP contribution in [0, 0.1) is 0 Å². The van der Waals surface area contributed by atoms with Gasteiger partial charge in [0.25, 0.3) is 0 Å². The number of hydrogen-bond donors (Lipinski definition) is 2. The zero-order chi connectivity index (χ0) is 11.0. The molecule has 0 aliphatic carbocycles. The van der Waals surface area contributed by atoms with Crippen molar-refractivity contribution in [2.24, 2.45) is 0 Å². The van der Waals surface area contributed by atoms with Crippen LogP contribution in [0.15, 0.2) is 12.2 Å². The van der Waals surface area contributed by atoms with E-state index in [1.54, 1.807) is 0 Å². The van der Waals surface area contributed by atoms with Crippen molar-refractivity contribution >= 4 is 11.9 Å². The first-order valence-corrected chi connectivity index (χ1v) is 4.25. The predicted molar refractivity (Wildman–Crippen MR) is 48.7 cm³/mol. The number of carbonyl (C=O) groups is 2. The molecule has 0 bridgehead atoms. The lowest BCUT2D eigenvalue weighted by atomic mass is 10.2. The topological polar surface area (TPSA) is 83.8 Å². The summed E-state index contributed by atoms with van der Waals surface area (Å²) in [6, 6.07) is 0. The third kappa shape index (κ3) is 6.19. The highest BCUT2D eigenvalue weighted by Crippen LogP contribution is 2.04. The van der Waals surface area contributed by atoms with Crippen molar-refractivity contribution in [3.63, 3.8) is 0 Å². The molecule has 0 amide bonds. The molecule has 0 aliphatic heterocycles. The Balaban J connectivity index is 3.65. The van der Waals surface area contributed by atoms with Gasteiger partial charge in [-0.2, -0.15) is 0 Å². The fourth-order valence-electron chi connectivity index (χ4n) is 0.691. The van der Waals surface area contributed by atoms with Crippen molar-refractivity contribution < 1.29 is 24.5 Å². The Hall–Kier alpha value is -1.36. The van der Waals surface area contributed by atoms with Crippen LogP contribution in [0.2, 0.25) is 0 Å². The van der Waals surface area contributed by atoms with Gasteiger partial charge in [-0.3, -0.25) is 4.79 Å². The molecule has 14 heavy (non-hydrogen) atoms. The maximum atomic E-state index is 11.0. The second-order valence-electron chi connectivity index (χ2n) is 2.71. The summed E-state index contributed by atoms with van der Waals surface area (Å²) in [6.07, 6.45) is 0.333. The summed E-state index contributed by atoms with van der Waals surface area (Å²) in [7, 11) is 0. The summed E-state index contributed by atoms with van der Waals surface area (Å²) >= 11 is 0. The number of carboxylic acid groups (broad SMARTS) is 1. The number of rotatable bonds is 7. The Labute approximate surface area is 82.0 Å². The minimum absolute atomic E-state index is 0.0467. The van der Waals surface area contributed by atoms with E-state index in [1.807, 2.05) is 0 Å². The first kappa shape index (κ1) is 12.6. The molecule has 0 spiro atoms. The van der Waals surface area contributed by atoms with Crippen LogP contribution in [0.5, 0.6) is 0 Å². The van der Waals surface area contributed by atoms with E-state index in [0.717, 1.165) is 0 Å². The molecule has 0 fully saturated rings. The Morgan fingerprint density at radius 1 is 1.29 bits per heavy atom. The van der Waals surface area contributed by atoms with Crippen LogP contribution in [0.4, 0.5) is 0 Å². The zero-order valence-electron chi connectivity index (χ0n) is 7.86. The third-order valence-electron chi connectivity index (χ3n) is 1.46. The highest BCUT2D eigenvalue weighted by molar-refractivity contribution is 5.88. The number of aliphatic carboxylic acids is 1. The van der Waals surface area contributed by atoms with Crippen molar-refractivity contribution in [1.82, 2.24) is 0 Å². The van der Waals surface area contributed by atoms with E-state index in [4.69, 9.17) is 10.2 Å². The van der Waals surface area contributed by atoms with Crippen molar-refractivity contribution in [1.29, 1.82) is 0 Å². The van der Waals surface area contributed by atoms with Crippen LogP contribution < -0.4 is 0 Å². The van der Waals surface area contributed by atoms with Crippen molar-refractivity contribution in [2.45, 2.75) is 19.3 Å². The van der Waals surface area contributed by atoms with E-state index in [-0.39, 0.29) is 31.6 Å². The maximum absolute atomic E-state index is 11.0. The minimum Gasteiger partial charge on any atom is -0.481 e. The molecule has 5 heteroatoms. The average Bonchev–Trinajstić information content (AvgIpc) is 2.14. The highest BCUT2D eigenvalue weighted by Gasteiger charge is 2.09. The summed E-state index contributed by atoms with van der Waals surface area (Å²) in [6.45, 7) is 3.48. The maximum Gasteiger partial charge on any atom is 0.333 e. The summed E-state index contributed by atoms with van der Waals surface area (Å²) in [5.74, 6) is -1.57. The number of carboxylic acids is 1. The molecule has 2 N–H and O–H groups in total. The number of ether oxygens (including phenoxy) is 1. The van der Waals surface area contributed by atoms with Crippen LogP contribution in [0.25, 0.3) is 0 Å². The van der Waals surface area contributed by atoms with Gasteiger partial charge < -0.3 is 14.9 Å². The lowest BCUT2D eigenvalue weighted by molar-refractivity contribution is -0.139. The van der Waals surface area contributed by atoms with Crippen molar-refractivity contribution in [2.75, 3.05) is 13.2 Å². The van der Waals surface area contributed by atoms with E-state index in [2.05, 4.69) is 11.3 Å². The first-order valence-electron chi connectivity index (χ1n) is 4.25. The predicted octanol–water partition coefficient (Wildman–Crippen LogP) is 0.333. The third-order valence-corrected chi connectivity index (χ3v) is 1.46. The number of carbonyl (C=O) groups excluding carboxylic acids is 1. The number of hydrogen-bond acceptors (Lipinski definition) is 4. The summed E-state index contributed by atoms with van der Waals surface area (Å²) in [5.41, 5.74) is 0.144. The summed E-state index contributed by atoms with van der Waals surface area (Å²) in [4.78, 5) is 21.2. The quantitative estimate of drug-likeness (QED) is 0.353. The van der Waals surface area contributed by atoms with Gasteiger partial charge in [0.1, 0.15) is 0 Å². The van der Waals surface area contributed by atoms with Crippen molar-refractivity contribution in [3.05, 3.63) is 12.2 Å². The normalized spacial score (nSPS) is 9.50. The number of aliphatic hydroxyl groups is 1. The van der Waals surface area contributed by atoms with Gasteiger partial charge in [0.05, 0.1) is 6.61 Å². The largest absolute Gasteiger partial charge is 0.481 e. The second kappa shape index (κ2) is 7.08. The van der Waals surface area contributed by atoms with Gasteiger partial charge in [-0.15, -0.1) is 0 Å². The van der Waals surface area contributed by atoms with Gasteiger partial charge in [0.2, 0.25) is 0 Å². The van der Waals surface area contributed by atoms with E-state index < -0.39 is 11.9 Å². The molecule has 0 radical (unpaired) electrons. The van der Waals surface area contributed by atoms with Gasteiger partial charge in [0.15, 0.2) is 0 Å². The molecule has 80 valence electrons. The molecule has 0 aromatic carbocycles. The van der Waals surface area contributed by atoms with Gasteiger partial charge in [-0.1, -0.05) is 6.58 Å². The van der Waals surface area contributed by atoms with Crippen LogP contribution in [-0.2, 0) is 14.3 Å². The molecule has 0 rings (SSSR count). The standard InChI is InChI=1S/C9H14O5/c1-7(3-4-8(11)12)9(13)14-6-2-5-10/h10H,1-6H2,(H,11,12). The molecule has 0 aliphatic rings. The molecule has 0 saturated carbocycles. The monoisotopic (exact) mass is 202 g/mol.